The van der Waals surface area contributed by atoms with E-state index in [4.69, 9.17) is 9.47 Å². The number of fused-ring (bicyclic) bond motifs is 2. The predicted molar refractivity (Wildman–Crippen MR) is 113 cm³/mol. The van der Waals surface area contributed by atoms with E-state index in [1.54, 1.807) is 6.07 Å². The normalized spacial score (nSPS) is 23.9. The Balaban J connectivity index is 1.57. The van der Waals surface area contributed by atoms with Crippen molar-refractivity contribution in [2.24, 2.45) is 7.05 Å². The lowest BCUT2D eigenvalue weighted by Crippen LogP contribution is -2.54. The van der Waals surface area contributed by atoms with E-state index in [0.29, 0.717) is 31.0 Å². The van der Waals surface area contributed by atoms with Crippen LogP contribution in [0.25, 0.3) is 11.0 Å². The molecule has 0 radical (unpaired) electrons. The third kappa shape index (κ3) is 3.99. The minimum Gasteiger partial charge on any atom is -0.491 e. The minimum atomic E-state index is -4.53. The van der Waals surface area contributed by atoms with Crippen molar-refractivity contribution >= 4 is 16.9 Å². The van der Waals surface area contributed by atoms with Gasteiger partial charge in [-0.2, -0.15) is 13.2 Å². The van der Waals surface area contributed by atoms with Gasteiger partial charge in [-0.15, -0.1) is 0 Å². The number of ether oxygens (including phenoxy) is 2. The smallest absolute Gasteiger partial charge is 0.431 e. The van der Waals surface area contributed by atoms with Crippen molar-refractivity contribution in [2.75, 3.05) is 31.6 Å². The lowest BCUT2D eigenvalue weighted by atomic mass is 9.94. The maximum atomic E-state index is 13.9. The first kappa shape index (κ1) is 21.9. The van der Waals surface area contributed by atoms with Crippen LogP contribution in [0, 0.1) is 5.82 Å². The first-order chi connectivity index (χ1) is 15.7. The topological polar surface area (TPSA) is 64.4 Å². The number of anilines is 1. The maximum Gasteiger partial charge on any atom is 0.431 e. The first-order valence-corrected chi connectivity index (χ1v) is 10.6. The van der Waals surface area contributed by atoms with Crippen LogP contribution < -0.4 is 10.1 Å². The second-order valence-electron chi connectivity index (χ2n) is 8.40. The Morgan fingerprint density at radius 1 is 1.18 bits per heavy atom. The molecule has 0 bridgehead atoms. The van der Waals surface area contributed by atoms with Crippen molar-refractivity contribution in [3.63, 3.8) is 0 Å². The maximum absolute atomic E-state index is 13.9. The number of aromatic nitrogens is 3. The molecule has 0 amide bonds. The molecule has 2 aromatic heterocycles. The second-order valence-corrected chi connectivity index (χ2v) is 8.40. The van der Waals surface area contributed by atoms with Crippen molar-refractivity contribution in [1.82, 2.24) is 19.4 Å². The summed E-state index contributed by atoms with van der Waals surface area (Å²) in [5, 5.41) is 3.60. The van der Waals surface area contributed by atoms with Crippen LogP contribution >= 0.6 is 0 Å². The van der Waals surface area contributed by atoms with Gasteiger partial charge in [0.2, 0.25) is 0 Å². The molecule has 3 unspecified atom stereocenters. The molecular weight excluding hydrogens is 442 g/mol. The molecule has 2 aliphatic rings. The first-order valence-electron chi connectivity index (χ1n) is 10.6. The number of hydrogen-bond acceptors (Lipinski definition) is 6. The average Bonchev–Trinajstić information content (AvgIpc) is 3.12. The summed E-state index contributed by atoms with van der Waals surface area (Å²) in [6.45, 7) is 4.18. The highest BCUT2D eigenvalue weighted by Gasteiger charge is 2.39. The van der Waals surface area contributed by atoms with Gasteiger partial charge in [-0.1, -0.05) is 6.07 Å². The highest BCUT2D eigenvalue weighted by molar-refractivity contribution is 5.88. The van der Waals surface area contributed by atoms with Crippen molar-refractivity contribution in [3.8, 4) is 5.75 Å². The minimum absolute atomic E-state index is 0.0308. The van der Waals surface area contributed by atoms with Gasteiger partial charge < -0.3 is 19.4 Å². The van der Waals surface area contributed by atoms with Crippen LogP contribution in [0.2, 0.25) is 0 Å². The molecule has 2 aliphatic heterocycles. The van der Waals surface area contributed by atoms with Gasteiger partial charge in [-0.3, -0.25) is 4.90 Å². The Morgan fingerprint density at radius 3 is 2.76 bits per heavy atom. The molecule has 11 heteroatoms. The van der Waals surface area contributed by atoms with E-state index < -0.39 is 23.7 Å². The molecule has 1 fully saturated rings. The van der Waals surface area contributed by atoms with E-state index in [1.165, 1.54) is 25.5 Å². The second kappa shape index (κ2) is 8.14. The van der Waals surface area contributed by atoms with Crippen LogP contribution in [0.5, 0.6) is 5.75 Å². The van der Waals surface area contributed by atoms with Gasteiger partial charge in [0.25, 0.3) is 0 Å². The molecule has 176 valence electrons. The lowest BCUT2D eigenvalue weighted by Gasteiger charge is -2.43. The van der Waals surface area contributed by atoms with Crippen LogP contribution in [0.4, 0.5) is 23.4 Å². The van der Waals surface area contributed by atoms with Gasteiger partial charge in [-0.25, -0.2) is 14.4 Å². The Kier molecular flexibility index (Phi) is 5.40. The van der Waals surface area contributed by atoms with Gasteiger partial charge in [0.1, 0.15) is 41.7 Å². The van der Waals surface area contributed by atoms with Gasteiger partial charge in [0, 0.05) is 31.8 Å². The Bertz CT molecular complexity index is 1180. The van der Waals surface area contributed by atoms with Crippen LogP contribution in [0.3, 0.4) is 0 Å². The fraction of sp³-hybridized carbons (Fsp3) is 0.455. The number of hydrogen-bond donors (Lipinski definition) is 1. The molecule has 5 rings (SSSR count). The van der Waals surface area contributed by atoms with E-state index >= 15 is 0 Å². The van der Waals surface area contributed by atoms with Crippen molar-refractivity contribution in [3.05, 3.63) is 47.7 Å². The van der Waals surface area contributed by atoms with Crippen LogP contribution in [-0.4, -0.2) is 57.9 Å². The third-order valence-electron chi connectivity index (χ3n) is 6.25. The van der Waals surface area contributed by atoms with Crippen LogP contribution in [0.15, 0.2) is 30.6 Å². The SMILES string of the molecule is CC1CN(C2COc3cc(F)ccc3C2Nc2ncnc3c2cc(C(F)(F)F)n3C)CCO1. The molecule has 0 saturated carbocycles. The van der Waals surface area contributed by atoms with Crippen molar-refractivity contribution < 1.29 is 27.0 Å². The summed E-state index contributed by atoms with van der Waals surface area (Å²) >= 11 is 0. The fourth-order valence-corrected chi connectivity index (χ4v) is 4.67. The summed E-state index contributed by atoms with van der Waals surface area (Å²) in [6, 6.07) is 4.80. The number of morpholine rings is 1. The molecule has 1 aromatic carbocycles. The van der Waals surface area contributed by atoms with Crippen LogP contribution in [0.1, 0.15) is 24.2 Å². The zero-order chi connectivity index (χ0) is 23.3. The summed E-state index contributed by atoms with van der Waals surface area (Å²) < 4.78 is 66.9. The highest BCUT2D eigenvalue weighted by Crippen LogP contribution is 2.40. The van der Waals surface area contributed by atoms with E-state index in [-0.39, 0.29) is 35.6 Å². The molecule has 4 heterocycles. The molecular formula is C22H23F4N5O2. The van der Waals surface area contributed by atoms with Crippen LogP contribution in [-0.2, 0) is 18.0 Å². The van der Waals surface area contributed by atoms with E-state index in [0.717, 1.165) is 10.6 Å². The number of alkyl halides is 3. The van der Waals surface area contributed by atoms with E-state index in [9.17, 15) is 17.6 Å². The van der Waals surface area contributed by atoms with E-state index in [1.807, 2.05) is 6.92 Å². The number of nitrogens with zero attached hydrogens (tertiary/aromatic N) is 4. The summed E-state index contributed by atoms with van der Waals surface area (Å²) in [5.41, 5.74) is 0.0716. The van der Waals surface area contributed by atoms with Gasteiger partial charge in [-0.05, 0) is 19.1 Å². The van der Waals surface area contributed by atoms with Gasteiger partial charge >= 0.3 is 6.18 Å². The summed E-state index contributed by atoms with van der Waals surface area (Å²) in [5.74, 6) is 0.257. The third-order valence-corrected chi connectivity index (χ3v) is 6.25. The monoisotopic (exact) mass is 465 g/mol. The number of halogens is 4. The number of aryl methyl sites for hydroxylation is 1. The molecule has 0 aliphatic carbocycles. The van der Waals surface area contributed by atoms with Gasteiger partial charge in [0.15, 0.2) is 0 Å². The number of benzene rings is 1. The highest BCUT2D eigenvalue weighted by atomic mass is 19.4. The predicted octanol–water partition coefficient (Wildman–Crippen LogP) is 3.76. The largest absolute Gasteiger partial charge is 0.491 e. The number of rotatable bonds is 3. The lowest BCUT2D eigenvalue weighted by molar-refractivity contribution is -0.142. The quantitative estimate of drug-likeness (QED) is 0.595. The summed E-state index contributed by atoms with van der Waals surface area (Å²) in [4.78, 5) is 10.5. The molecule has 1 N–H and O–H groups in total. The standard InChI is InChI=1S/C22H23F4N5O2/c1-12-9-31(5-6-32-12)16-10-33-17-7-13(23)3-4-14(17)19(16)29-20-15-8-18(22(24,25)26)30(2)21(15)28-11-27-20/h3-4,7-8,11-12,16,19H,5-6,9-10H2,1-2H3,(H,27,28,29). The summed E-state index contributed by atoms with van der Waals surface area (Å²) in [7, 11) is 1.33. The molecule has 7 nitrogen and oxygen atoms in total. The Labute approximate surface area is 187 Å². The van der Waals surface area contributed by atoms with Crippen molar-refractivity contribution in [1.29, 1.82) is 0 Å². The Morgan fingerprint density at radius 2 is 2.00 bits per heavy atom. The average molecular weight is 465 g/mol. The van der Waals surface area contributed by atoms with Gasteiger partial charge in [0.05, 0.1) is 30.2 Å². The molecule has 1 saturated heterocycles. The fourth-order valence-electron chi connectivity index (χ4n) is 4.67. The van der Waals surface area contributed by atoms with E-state index in [2.05, 4.69) is 20.2 Å². The molecule has 3 atom stereocenters. The zero-order valence-electron chi connectivity index (χ0n) is 18.1. The van der Waals surface area contributed by atoms with Crippen molar-refractivity contribution in [2.45, 2.75) is 31.3 Å². The molecule has 3 aromatic rings. The molecule has 33 heavy (non-hydrogen) atoms. The Hall–Kier alpha value is -2.92. The zero-order valence-corrected chi connectivity index (χ0v) is 18.1. The number of nitrogens with one attached hydrogen (secondary N) is 1. The molecule has 0 spiro atoms. The summed E-state index contributed by atoms with van der Waals surface area (Å²) in [6.07, 6.45) is -3.26.